The van der Waals surface area contributed by atoms with Crippen molar-refractivity contribution in [2.24, 2.45) is 0 Å². The molecule has 3 heteroatoms. The summed E-state index contributed by atoms with van der Waals surface area (Å²) in [6.07, 6.45) is 3.29. The molecular weight excluding hydrogens is 164 g/mol. The maximum atomic E-state index is 9.15. The molecule has 0 radical (unpaired) electrons. The fourth-order valence-electron chi connectivity index (χ4n) is 1.36. The van der Waals surface area contributed by atoms with Gasteiger partial charge in [-0.2, -0.15) is 5.10 Å². The second kappa shape index (κ2) is 4.42. The standard InChI is InChI=1S/C10H18N2O/c1-8(2)12-10(6-7-11-12)5-4-9(3)13/h6-9,13H,4-5H2,1-3H3/t9-/m1/s1. The summed E-state index contributed by atoms with van der Waals surface area (Å²) in [5.41, 5.74) is 1.20. The Hall–Kier alpha value is -0.830. The molecule has 0 aliphatic carbocycles. The van der Waals surface area contributed by atoms with E-state index in [-0.39, 0.29) is 6.10 Å². The smallest absolute Gasteiger partial charge is 0.0515 e. The number of rotatable bonds is 4. The van der Waals surface area contributed by atoms with Crippen molar-refractivity contribution in [3.63, 3.8) is 0 Å². The second-order valence-corrected chi connectivity index (χ2v) is 3.75. The van der Waals surface area contributed by atoms with E-state index in [2.05, 4.69) is 18.9 Å². The van der Waals surface area contributed by atoms with Gasteiger partial charge >= 0.3 is 0 Å². The number of hydrogen-bond acceptors (Lipinski definition) is 2. The van der Waals surface area contributed by atoms with Gasteiger partial charge in [0.05, 0.1) is 6.10 Å². The highest BCUT2D eigenvalue weighted by Gasteiger charge is 2.06. The molecule has 1 aromatic heterocycles. The van der Waals surface area contributed by atoms with E-state index in [9.17, 15) is 0 Å². The van der Waals surface area contributed by atoms with Crippen LogP contribution in [0.25, 0.3) is 0 Å². The summed E-state index contributed by atoms with van der Waals surface area (Å²) in [4.78, 5) is 0. The summed E-state index contributed by atoms with van der Waals surface area (Å²) in [6.45, 7) is 6.04. The quantitative estimate of drug-likeness (QED) is 0.770. The minimum atomic E-state index is -0.226. The Kier molecular flexibility index (Phi) is 3.48. The molecule has 13 heavy (non-hydrogen) atoms. The Labute approximate surface area is 79.4 Å². The van der Waals surface area contributed by atoms with Gasteiger partial charge in [0.25, 0.3) is 0 Å². The predicted octanol–water partition coefficient (Wildman–Crippen LogP) is 1.78. The first-order chi connectivity index (χ1) is 6.11. The van der Waals surface area contributed by atoms with Gasteiger partial charge in [0.2, 0.25) is 0 Å². The molecule has 0 aliphatic heterocycles. The highest BCUT2D eigenvalue weighted by atomic mass is 16.3. The van der Waals surface area contributed by atoms with E-state index in [4.69, 9.17) is 5.11 Å². The topological polar surface area (TPSA) is 38.0 Å². The van der Waals surface area contributed by atoms with Gasteiger partial charge in [0.1, 0.15) is 0 Å². The van der Waals surface area contributed by atoms with Crippen molar-refractivity contribution in [1.82, 2.24) is 9.78 Å². The van der Waals surface area contributed by atoms with Gasteiger partial charge < -0.3 is 5.11 Å². The largest absolute Gasteiger partial charge is 0.393 e. The molecule has 0 spiro atoms. The van der Waals surface area contributed by atoms with Crippen molar-refractivity contribution in [3.8, 4) is 0 Å². The zero-order chi connectivity index (χ0) is 9.84. The average molecular weight is 182 g/mol. The maximum Gasteiger partial charge on any atom is 0.0515 e. The molecule has 1 atom stereocenters. The molecule has 1 rings (SSSR count). The molecule has 0 aliphatic rings. The Balaban J connectivity index is 2.60. The number of nitrogens with zero attached hydrogens (tertiary/aromatic N) is 2. The summed E-state index contributed by atoms with van der Waals surface area (Å²) in [5.74, 6) is 0. The Morgan fingerprint density at radius 1 is 1.46 bits per heavy atom. The highest BCUT2D eigenvalue weighted by molar-refractivity contribution is 5.01. The zero-order valence-electron chi connectivity index (χ0n) is 8.57. The second-order valence-electron chi connectivity index (χ2n) is 3.75. The Morgan fingerprint density at radius 3 is 2.69 bits per heavy atom. The van der Waals surface area contributed by atoms with Crippen LogP contribution in [0.2, 0.25) is 0 Å². The zero-order valence-corrected chi connectivity index (χ0v) is 8.57. The third-order valence-electron chi connectivity index (χ3n) is 2.06. The lowest BCUT2D eigenvalue weighted by molar-refractivity contribution is 0.184. The third kappa shape index (κ3) is 2.84. The first-order valence-electron chi connectivity index (χ1n) is 4.81. The van der Waals surface area contributed by atoms with Crippen LogP contribution in [-0.2, 0) is 6.42 Å². The average Bonchev–Trinajstić information content (AvgIpc) is 2.47. The fraction of sp³-hybridized carbons (Fsp3) is 0.700. The molecule has 74 valence electrons. The lowest BCUT2D eigenvalue weighted by atomic mass is 10.1. The molecule has 0 bridgehead atoms. The SMILES string of the molecule is CC(C)n1nccc1CC[C@@H](C)O. The summed E-state index contributed by atoms with van der Waals surface area (Å²) >= 11 is 0. The number of aliphatic hydroxyl groups is 1. The Bertz CT molecular complexity index is 253. The summed E-state index contributed by atoms with van der Waals surface area (Å²) in [6, 6.07) is 2.42. The number of aryl methyl sites for hydroxylation is 1. The van der Waals surface area contributed by atoms with Crippen LogP contribution in [0.5, 0.6) is 0 Å². The first-order valence-corrected chi connectivity index (χ1v) is 4.81. The van der Waals surface area contributed by atoms with Crippen molar-refractivity contribution in [1.29, 1.82) is 0 Å². The highest BCUT2D eigenvalue weighted by Crippen LogP contribution is 2.10. The molecule has 0 unspecified atom stereocenters. The van der Waals surface area contributed by atoms with Crippen LogP contribution < -0.4 is 0 Å². The molecule has 0 saturated carbocycles. The molecule has 0 saturated heterocycles. The van der Waals surface area contributed by atoms with Crippen LogP contribution in [0, 0.1) is 0 Å². The van der Waals surface area contributed by atoms with Crippen molar-refractivity contribution in [2.45, 2.75) is 45.8 Å². The summed E-state index contributed by atoms with van der Waals surface area (Å²) in [7, 11) is 0. The normalized spacial score (nSPS) is 13.6. The van der Waals surface area contributed by atoms with Crippen molar-refractivity contribution >= 4 is 0 Å². The van der Waals surface area contributed by atoms with E-state index < -0.39 is 0 Å². The predicted molar refractivity (Wildman–Crippen MR) is 52.6 cm³/mol. The van der Waals surface area contributed by atoms with Gasteiger partial charge in [-0.25, -0.2) is 0 Å². The number of aromatic nitrogens is 2. The first kappa shape index (κ1) is 10.3. The van der Waals surface area contributed by atoms with E-state index in [1.165, 1.54) is 5.69 Å². The molecule has 0 fully saturated rings. The van der Waals surface area contributed by atoms with E-state index in [0.717, 1.165) is 12.8 Å². The van der Waals surface area contributed by atoms with Crippen LogP contribution in [0.1, 0.15) is 38.9 Å². The number of aliphatic hydroxyl groups excluding tert-OH is 1. The van der Waals surface area contributed by atoms with Crippen molar-refractivity contribution < 1.29 is 5.11 Å². The summed E-state index contributed by atoms with van der Waals surface area (Å²) < 4.78 is 2.00. The molecule has 1 heterocycles. The van der Waals surface area contributed by atoms with Crippen LogP contribution >= 0.6 is 0 Å². The monoisotopic (exact) mass is 182 g/mol. The molecule has 1 aromatic rings. The van der Waals surface area contributed by atoms with Crippen LogP contribution in [0.3, 0.4) is 0 Å². The molecule has 0 amide bonds. The van der Waals surface area contributed by atoms with Crippen molar-refractivity contribution in [3.05, 3.63) is 18.0 Å². The molecule has 1 N–H and O–H groups in total. The molecule has 3 nitrogen and oxygen atoms in total. The van der Waals surface area contributed by atoms with Gasteiger partial charge in [0.15, 0.2) is 0 Å². The minimum absolute atomic E-state index is 0.226. The van der Waals surface area contributed by atoms with Gasteiger partial charge in [0, 0.05) is 17.9 Å². The van der Waals surface area contributed by atoms with E-state index in [0.29, 0.717) is 6.04 Å². The van der Waals surface area contributed by atoms with Gasteiger partial charge in [-0.05, 0) is 39.7 Å². The van der Waals surface area contributed by atoms with E-state index >= 15 is 0 Å². The van der Waals surface area contributed by atoms with Gasteiger partial charge in [-0.3, -0.25) is 4.68 Å². The van der Waals surface area contributed by atoms with Gasteiger partial charge in [-0.15, -0.1) is 0 Å². The van der Waals surface area contributed by atoms with Crippen LogP contribution in [0.4, 0.5) is 0 Å². The van der Waals surface area contributed by atoms with E-state index in [1.807, 2.05) is 23.9 Å². The summed E-state index contributed by atoms with van der Waals surface area (Å²) in [5, 5.41) is 13.4. The fourth-order valence-corrected chi connectivity index (χ4v) is 1.36. The van der Waals surface area contributed by atoms with Crippen LogP contribution in [0.15, 0.2) is 12.3 Å². The lowest BCUT2D eigenvalue weighted by Gasteiger charge is -2.11. The van der Waals surface area contributed by atoms with E-state index in [1.54, 1.807) is 0 Å². The van der Waals surface area contributed by atoms with Crippen molar-refractivity contribution in [2.75, 3.05) is 0 Å². The Morgan fingerprint density at radius 2 is 2.15 bits per heavy atom. The molecular formula is C10H18N2O. The van der Waals surface area contributed by atoms with Gasteiger partial charge in [-0.1, -0.05) is 0 Å². The third-order valence-corrected chi connectivity index (χ3v) is 2.06. The minimum Gasteiger partial charge on any atom is -0.393 e. The maximum absolute atomic E-state index is 9.15. The molecule has 0 aromatic carbocycles. The van der Waals surface area contributed by atoms with Crippen LogP contribution in [-0.4, -0.2) is 21.0 Å². The number of hydrogen-bond donors (Lipinski definition) is 1. The lowest BCUT2D eigenvalue weighted by Crippen LogP contribution is -2.09.